The molecule has 0 aromatic carbocycles. The molecule has 0 bridgehead atoms. The smallest absolute Gasteiger partial charge is 0.448 e. The van der Waals surface area contributed by atoms with Crippen molar-refractivity contribution in [3.05, 3.63) is 0 Å². The molecule has 1 rings (SSSR count). The minimum Gasteiger partial charge on any atom is -0.448 e. The average Bonchev–Trinajstić information content (AvgIpc) is 2.30. The van der Waals surface area contributed by atoms with Crippen molar-refractivity contribution in [3.8, 4) is 0 Å². The number of hydrogen-bond acceptors (Lipinski definition) is 2. The molecule has 1 heterocycles. The van der Waals surface area contributed by atoms with Crippen molar-refractivity contribution < 1.29 is 64.3 Å². The van der Waals surface area contributed by atoms with Crippen LogP contribution in [0.4, 0.5) is 12.9 Å². The van der Waals surface area contributed by atoms with E-state index in [1.54, 1.807) is 0 Å². The summed E-state index contributed by atoms with van der Waals surface area (Å²) in [6.45, 7) is -1.27. The van der Waals surface area contributed by atoms with Gasteiger partial charge in [0.1, 0.15) is 0 Å². The van der Waals surface area contributed by atoms with Crippen LogP contribution in [0, 0.1) is 5.41 Å². The van der Waals surface area contributed by atoms with Crippen molar-refractivity contribution in [2.45, 2.75) is 13.3 Å². The Morgan fingerprint density at radius 2 is 2.00 bits per heavy atom. The summed E-state index contributed by atoms with van der Waals surface area (Å²) in [6, 6.07) is 0. The Kier molecular flexibility index (Phi) is 6.22. The topological polar surface area (TPSA) is 29.3 Å². The van der Waals surface area contributed by atoms with Gasteiger partial charge in [-0.25, -0.2) is 0 Å². The van der Waals surface area contributed by atoms with Crippen molar-refractivity contribution >= 4 is 6.98 Å². The second-order valence-electron chi connectivity index (χ2n) is 4.21. The van der Waals surface area contributed by atoms with Crippen LogP contribution in [0.15, 0.2) is 0 Å². The third-order valence-electron chi connectivity index (χ3n) is 2.59. The number of hydrogen-bond donors (Lipinski definition) is 1. The molecular weight excluding hydrogens is 219 g/mol. The molecule has 2 nitrogen and oxygen atoms in total. The number of nitrogens with zero attached hydrogens (tertiary/aromatic N) is 1. The van der Waals surface area contributed by atoms with Gasteiger partial charge < -0.3 is 23.6 Å². The average molecular weight is 234 g/mol. The third-order valence-corrected chi connectivity index (χ3v) is 2.59. The van der Waals surface area contributed by atoms with Gasteiger partial charge in [-0.1, -0.05) is 6.92 Å². The van der Waals surface area contributed by atoms with Gasteiger partial charge in [-0.3, -0.25) is 0 Å². The summed E-state index contributed by atoms with van der Waals surface area (Å²) in [4.78, 5) is 1.45. The molecular formula is C7H15BF3KN2. The molecule has 0 radical (unpaired) electrons. The summed E-state index contributed by atoms with van der Waals surface area (Å²) in [7, 11) is 0. The van der Waals surface area contributed by atoms with E-state index in [0.717, 1.165) is 6.42 Å². The second kappa shape index (κ2) is 5.65. The minimum atomic E-state index is -4.68. The monoisotopic (exact) mass is 234 g/mol. The zero-order valence-corrected chi connectivity index (χ0v) is 11.9. The van der Waals surface area contributed by atoms with Gasteiger partial charge in [0.05, 0.1) is 0 Å². The fourth-order valence-electron chi connectivity index (χ4n) is 1.74. The normalized spacial score (nSPS) is 28.9. The first-order valence-corrected chi connectivity index (χ1v) is 4.48. The summed E-state index contributed by atoms with van der Waals surface area (Å²) in [5, 5.41) is 0. The maximum Gasteiger partial charge on any atom is 1.00 e. The molecule has 1 aliphatic heterocycles. The molecule has 1 saturated heterocycles. The van der Waals surface area contributed by atoms with E-state index in [0.29, 0.717) is 19.6 Å². The molecule has 7 heteroatoms. The van der Waals surface area contributed by atoms with Crippen LogP contribution in [-0.2, 0) is 0 Å². The first kappa shape index (κ1) is 15.4. The zero-order valence-electron chi connectivity index (χ0n) is 8.77. The molecule has 1 unspecified atom stereocenters. The van der Waals surface area contributed by atoms with Crippen LogP contribution in [0.5, 0.6) is 0 Å². The standard InChI is InChI=1S/C7H15BF3N2.K/c1-7(4-12)2-3-13(5-7)6-8(9,10)11;/h2-6,12H2,1H3;/q-1;+1. The van der Waals surface area contributed by atoms with Crippen molar-refractivity contribution in [2.75, 3.05) is 26.1 Å². The van der Waals surface area contributed by atoms with E-state index in [1.165, 1.54) is 4.90 Å². The summed E-state index contributed by atoms with van der Waals surface area (Å²) >= 11 is 0. The Hall–Kier alpha value is 1.41. The molecule has 1 fully saturated rings. The number of likely N-dealkylation sites (tertiary alicyclic amines) is 1. The Balaban J connectivity index is 0.00000169. The molecule has 0 saturated carbocycles. The maximum absolute atomic E-state index is 12.1. The molecule has 78 valence electrons. The van der Waals surface area contributed by atoms with E-state index in [-0.39, 0.29) is 56.8 Å². The van der Waals surface area contributed by atoms with E-state index in [2.05, 4.69) is 0 Å². The van der Waals surface area contributed by atoms with Gasteiger partial charge >= 0.3 is 58.4 Å². The van der Waals surface area contributed by atoms with Crippen LogP contribution >= 0.6 is 0 Å². The molecule has 1 atom stereocenters. The van der Waals surface area contributed by atoms with Crippen LogP contribution in [0.3, 0.4) is 0 Å². The predicted octanol–water partition coefficient (Wildman–Crippen LogP) is -1.95. The van der Waals surface area contributed by atoms with Gasteiger partial charge in [-0.2, -0.15) is 0 Å². The number of nitrogens with two attached hydrogens (primary N) is 1. The predicted molar refractivity (Wildman–Crippen MR) is 47.3 cm³/mol. The Morgan fingerprint density at radius 3 is 2.36 bits per heavy atom. The summed E-state index contributed by atoms with van der Waals surface area (Å²) in [5.41, 5.74) is 5.38. The number of halogens is 3. The molecule has 0 aromatic rings. The largest absolute Gasteiger partial charge is 1.00 e. The fourth-order valence-corrected chi connectivity index (χ4v) is 1.74. The van der Waals surface area contributed by atoms with Gasteiger partial charge in [0.25, 0.3) is 0 Å². The van der Waals surface area contributed by atoms with Gasteiger partial charge in [0, 0.05) is 6.54 Å². The van der Waals surface area contributed by atoms with Crippen molar-refractivity contribution in [1.82, 2.24) is 4.90 Å². The minimum absolute atomic E-state index is 0. The van der Waals surface area contributed by atoms with E-state index < -0.39 is 13.4 Å². The van der Waals surface area contributed by atoms with E-state index in [9.17, 15) is 12.9 Å². The van der Waals surface area contributed by atoms with Crippen LogP contribution in [-0.4, -0.2) is 38.0 Å². The van der Waals surface area contributed by atoms with Crippen molar-refractivity contribution in [2.24, 2.45) is 11.1 Å². The van der Waals surface area contributed by atoms with Gasteiger partial charge in [0.15, 0.2) is 0 Å². The SMILES string of the molecule is CC1(CN)CCN(C[B-](F)(F)F)C1.[K+]. The van der Waals surface area contributed by atoms with Crippen LogP contribution < -0.4 is 57.1 Å². The quantitative estimate of drug-likeness (QED) is 0.575. The van der Waals surface area contributed by atoms with Crippen LogP contribution in [0.25, 0.3) is 0 Å². The molecule has 14 heavy (non-hydrogen) atoms. The summed E-state index contributed by atoms with van der Waals surface area (Å²) < 4.78 is 36.2. The van der Waals surface area contributed by atoms with Gasteiger partial charge in [-0.05, 0) is 31.4 Å². The second-order valence-corrected chi connectivity index (χ2v) is 4.21. The van der Waals surface area contributed by atoms with Gasteiger partial charge in [-0.15, -0.1) is 0 Å². The van der Waals surface area contributed by atoms with E-state index >= 15 is 0 Å². The molecule has 0 spiro atoms. The molecule has 1 aliphatic rings. The fraction of sp³-hybridized carbons (Fsp3) is 1.00. The Labute approximate surface area is 125 Å². The molecule has 0 amide bonds. The van der Waals surface area contributed by atoms with E-state index in [1.807, 2.05) is 6.92 Å². The van der Waals surface area contributed by atoms with Crippen LogP contribution in [0.1, 0.15) is 13.3 Å². The Bertz CT molecular complexity index is 190. The molecule has 2 N–H and O–H groups in total. The molecule has 0 aliphatic carbocycles. The first-order chi connectivity index (χ1) is 5.85. The Morgan fingerprint density at radius 1 is 1.43 bits per heavy atom. The third kappa shape index (κ3) is 4.96. The van der Waals surface area contributed by atoms with E-state index in [4.69, 9.17) is 5.73 Å². The van der Waals surface area contributed by atoms with Gasteiger partial charge in [0.2, 0.25) is 0 Å². The molecule has 0 aromatic heterocycles. The first-order valence-electron chi connectivity index (χ1n) is 4.48. The zero-order chi connectivity index (χ0) is 10.1. The van der Waals surface area contributed by atoms with Crippen molar-refractivity contribution in [3.63, 3.8) is 0 Å². The van der Waals surface area contributed by atoms with Crippen molar-refractivity contribution in [1.29, 1.82) is 0 Å². The summed E-state index contributed by atoms with van der Waals surface area (Å²) in [5.74, 6) is 0. The maximum atomic E-state index is 12.1. The number of rotatable bonds is 3. The van der Waals surface area contributed by atoms with Crippen LogP contribution in [0.2, 0.25) is 0 Å². The summed E-state index contributed by atoms with van der Waals surface area (Å²) in [6.07, 6.45) is 0.0330.